The Morgan fingerprint density at radius 3 is 2.64 bits per heavy atom. The minimum absolute atomic E-state index is 0.0256. The number of ether oxygens (including phenoxy) is 2. The van der Waals surface area contributed by atoms with Crippen molar-refractivity contribution in [3.63, 3.8) is 0 Å². The standard InChI is InChI=1S/C7H11ClO3/c1-3-10-6(2)7(9)11-5-4-8/h2-5H2,1H3. The van der Waals surface area contributed by atoms with E-state index in [0.717, 1.165) is 0 Å². The van der Waals surface area contributed by atoms with E-state index >= 15 is 0 Å². The molecule has 4 heteroatoms. The molecular formula is C7H11ClO3. The van der Waals surface area contributed by atoms with E-state index in [-0.39, 0.29) is 18.2 Å². The second kappa shape index (κ2) is 6.04. The van der Waals surface area contributed by atoms with Gasteiger partial charge in [0.2, 0.25) is 0 Å². The predicted molar refractivity (Wildman–Crippen MR) is 42.4 cm³/mol. The van der Waals surface area contributed by atoms with Gasteiger partial charge in [0, 0.05) is 0 Å². The maximum Gasteiger partial charge on any atom is 0.372 e. The highest BCUT2D eigenvalue weighted by Crippen LogP contribution is 1.96. The molecule has 0 unspecified atom stereocenters. The molecule has 64 valence electrons. The van der Waals surface area contributed by atoms with Crippen LogP contribution in [0.3, 0.4) is 0 Å². The van der Waals surface area contributed by atoms with Gasteiger partial charge < -0.3 is 9.47 Å². The summed E-state index contributed by atoms with van der Waals surface area (Å²) < 4.78 is 9.40. The highest BCUT2D eigenvalue weighted by molar-refractivity contribution is 6.18. The van der Waals surface area contributed by atoms with Crippen molar-refractivity contribution in [3.8, 4) is 0 Å². The smallest absolute Gasteiger partial charge is 0.372 e. The van der Waals surface area contributed by atoms with Crippen LogP contribution in [0.25, 0.3) is 0 Å². The average molecular weight is 179 g/mol. The molecule has 0 aromatic carbocycles. The summed E-state index contributed by atoms with van der Waals surface area (Å²) in [6.07, 6.45) is 0. The van der Waals surface area contributed by atoms with Gasteiger partial charge in [-0.25, -0.2) is 4.79 Å². The van der Waals surface area contributed by atoms with Crippen molar-refractivity contribution in [2.24, 2.45) is 0 Å². The van der Waals surface area contributed by atoms with Gasteiger partial charge in [-0.15, -0.1) is 11.6 Å². The van der Waals surface area contributed by atoms with Crippen LogP contribution < -0.4 is 0 Å². The van der Waals surface area contributed by atoms with Crippen LogP contribution in [0.5, 0.6) is 0 Å². The normalized spacial score (nSPS) is 8.91. The van der Waals surface area contributed by atoms with Crippen molar-refractivity contribution in [1.29, 1.82) is 0 Å². The molecule has 0 rings (SSSR count). The van der Waals surface area contributed by atoms with Crippen LogP contribution in [0.2, 0.25) is 0 Å². The highest BCUT2D eigenvalue weighted by atomic mass is 35.5. The molecule has 3 nitrogen and oxygen atoms in total. The number of halogens is 1. The van der Waals surface area contributed by atoms with Gasteiger partial charge in [0.15, 0.2) is 5.76 Å². The molecule has 0 spiro atoms. The molecular weight excluding hydrogens is 168 g/mol. The van der Waals surface area contributed by atoms with E-state index in [1.54, 1.807) is 6.92 Å². The summed E-state index contributed by atoms with van der Waals surface area (Å²) in [5.74, 6) is -0.240. The molecule has 0 heterocycles. The van der Waals surface area contributed by atoms with Crippen molar-refractivity contribution in [1.82, 2.24) is 0 Å². The van der Waals surface area contributed by atoms with Gasteiger partial charge in [-0.2, -0.15) is 0 Å². The summed E-state index contributed by atoms with van der Waals surface area (Å²) in [5, 5.41) is 0. The first kappa shape index (κ1) is 10.3. The Hall–Kier alpha value is -0.700. The third-order valence-electron chi connectivity index (χ3n) is 0.857. The van der Waals surface area contributed by atoms with E-state index in [1.807, 2.05) is 0 Å². The van der Waals surface area contributed by atoms with Crippen LogP contribution in [0.4, 0.5) is 0 Å². The lowest BCUT2D eigenvalue weighted by molar-refractivity contribution is -0.142. The van der Waals surface area contributed by atoms with Gasteiger partial charge in [-0.1, -0.05) is 0 Å². The lowest BCUT2D eigenvalue weighted by Gasteiger charge is -2.05. The average Bonchev–Trinajstić information content (AvgIpc) is 2.00. The van der Waals surface area contributed by atoms with Gasteiger partial charge in [0.25, 0.3) is 0 Å². The van der Waals surface area contributed by atoms with Crippen molar-refractivity contribution >= 4 is 17.6 Å². The predicted octanol–water partition coefficient (Wildman–Crippen LogP) is 1.32. The Morgan fingerprint density at radius 2 is 2.18 bits per heavy atom. The molecule has 0 fully saturated rings. The number of hydrogen-bond donors (Lipinski definition) is 0. The van der Waals surface area contributed by atoms with Crippen LogP contribution in [-0.2, 0) is 14.3 Å². The monoisotopic (exact) mass is 178 g/mol. The first-order valence-corrected chi connectivity index (χ1v) is 3.80. The zero-order valence-electron chi connectivity index (χ0n) is 6.43. The number of rotatable bonds is 5. The van der Waals surface area contributed by atoms with Crippen LogP contribution in [0.1, 0.15) is 6.92 Å². The van der Waals surface area contributed by atoms with E-state index in [1.165, 1.54) is 0 Å². The summed E-state index contributed by atoms with van der Waals surface area (Å²) >= 11 is 5.28. The Morgan fingerprint density at radius 1 is 1.55 bits per heavy atom. The molecule has 0 N–H and O–H groups in total. The van der Waals surface area contributed by atoms with E-state index in [2.05, 4.69) is 11.3 Å². The van der Waals surface area contributed by atoms with E-state index in [4.69, 9.17) is 16.3 Å². The number of carbonyl (C=O) groups is 1. The number of carbonyl (C=O) groups excluding carboxylic acids is 1. The van der Waals surface area contributed by atoms with E-state index < -0.39 is 5.97 Å². The Bertz CT molecular complexity index is 145. The molecule has 11 heavy (non-hydrogen) atoms. The minimum Gasteiger partial charge on any atom is -0.487 e. The molecule has 0 amide bonds. The van der Waals surface area contributed by atoms with Gasteiger partial charge in [0.1, 0.15) is 6.61 Å². The molecule has 0 aliphatic carbocycles. The fourth-order valence-corrected chi connectivity index (χ4v) is 0.522. The van der Waals surface area contributed by atoms with Gasteiger partial charge >= 0.3 is 5.97 Å². The zero-order valence-corrected chi connectivity index (χ0v) is 7.19. The van der Waals surface area contributed by atoms with Crippen molar-refractivity contribution in [3.05, 3.63) is 12.3 Å². The molecule has 0 bridgehead atoms. The molecule has 0 saturated heterocycles. The van der Waals surface area contributed by atoms with Crippen LogP contribution in [-0.4, -0.2) is 25.1 Å². The van der Waals surface area contributed by atoms with Gasteiger partial charge in [-0.3, -0.25) is 0 Å². The van der Waals surface area contributed by atoms with E-state index in [0.29, 0.717) is 6.61 Å². The third-order valence-corrected chi connectivity index (χ3v) is 1.01. The van der Waals surface area contributed by atoms with Gasteiger partial charge in [0.05, 0.1) is 12.5 Å². The fraction of sp³-hybridized carbons (Fsp3) is 0.571. The highest BCUT2D eigenvalue weighted by Gasteiger charge is 2.07. The lowest BCUT2D eigenvalue weighted by atomic mass is 10.5. The van der Waals surface area contributed by atoms with Crippen molar-refractivity contribution in [2.75, 3.05) is 19.1 Å². The summed E-state index contributed by atoms with van der Waals surface area (Å²) in [4.78, 5) is 10.8. The maximum atomic E-state index is 10.8. The molecule has 0 radical (unpaired) electrons. The topological polar surface area (TPSA) is 35.5 Å². The van der Waals surface area contributed by atoms with Crippen molar-refractivity contribution in [2.45, 2.75) is 6.92 Å². The summed E-state index contributed by atoms with van der Waals surface area (Å²) in [6.45, 7) is 5.72. The second-order valence-corrected chi connectivity index (χ2v) is 2.06. The number of esters is 1. The zero-order chi connectivity index (χ0) is 8.69. The molecule has 0 aromatic rings. The number of hydrogen-bond acceptors (Lipinski definition) is 3. The van der Waals surface area contributed by atoms with Crippen LogP contribution in [0, 0.1) is 0 Å². The molecule has 0 aliphatic heterocycles. The Kier molecular flexibility index (Phi) is 5.65. The fourth-order valence-electron chi connectivity index (χ4n) is 0.445. The first-order valence-electron chi connectivity index (χ1n) is 3.27. The lowest BCUT2D eigenvalue weighted by Crippen LogP contribution is -2.11. The Labute approximate surface area is 70.9 Å². The molecule has 0 atom stereocenters. The number of alkyl halides is 1. The molecule has 0 aliphatic rings. The Balaban J connectivity index is 3.56. The summed E-state index contributed by atoms with van der Waals surface area (Å²) in [5.41, 5.74) is 0. The molecule has 0 saturated carbocycles. The first-order chi connectivity index (χ1) is 5.22. The summed E-state index contributed by atoms with van der Waals surface area (Å²) in [7, 11) is 0. The quantitative estimate of drug-likeness (QED) is 0.276. The minimum atomic E-state index is -0.549. The van der Waals surface area contributed by atoms with Gasteiger partial charge in [-0.05, 0) is 13.5 Å². The van der Waals surface area contributed by atoms with E-state index in [9.17, 15) is 4.79 Å². The van der Waals surface area contributed by atoms with Crippen molar-refractivity contribution < 1.29 is 14.3 Å². The SMILES string of the molecule is C=C(OCC)C(=O)OCCCl. The largest absolute Gasteiger partial charge is 0.487 e. The second-order valence-electron chi connectivity index (χ2n) is 1.68. The third kappa shape index (κ3) is 4.67. The molecule has 0 aromatic heterocycles. The van der Waals surface area contributed by atoms with Crippen LogP contribution in [0.15, 0.2) is 12.3 Å². The summed E-state index contributed by atoms with van der Waals surface area (Å²) in [6, 6.07) is 0. The maximum absolute atomic E-state index is 10.8. The van der Waals surface area contributed by atoms with Crippen LogP contribution >= 0.6 is 11.6 Å².